The Balaban J connectivity index is 1.63. The van der Waals surface area contributed by atoms with E-state index in [1.165, 1.54) is 29.3 Å². The predicted molar refractivity (Wildman–Crippen MR) is 118 cm³/mol. The van der Waals surface area contributed by atoms with Crippen LogP contribution >= 0.6 is 0 Å². The highest BCUT2D eigenvalue weighted by atomic mass is 32.2. The van der Waals surface area contributed by atoms with E-state index in [1.54, 1.807) is 36.4 Å². The van der Waals surface area contributed by atoms with Crippen LogP contribution < -0.4 is 9.62 Å². The highest BCUT2D eigenvalue weighted by Crippen LogP contribution is 2.24. The molecule has 1 aliphatic carbocycles. The van der Waals surface area contributed by atoms with E-state index in [4.69, 9.17) is 4.74 Å². The van der Waals surface area contributed by atoms with Crippen LogP contribution in [0.25, 0.3) is 0 Å². The van der Waals surface area contributed by atoms with Crippen LogP contribution in [0.3, 0.4) is 0 Å². The van der Waals surface area contributed by atoms with E-state index in [2.05, 4.69) is 5.32 Å². The molecule has 2 aromatic carbocycles. The van der Waals surface area contributed by atoms with Crippen molar-refractivity contribution in [1.29, 1.82) is 0 Å². The van der Waals surface area contributed by atoms with Gasteiger partial charge in [-0.3, -0.25) is 9.10 Å². The highest BCUT2D eigenvalue weighted by molar-refractivity contribution is 7.92. The minimum absolute atomic E-state index is 0.157. The first-order valence-corrected chi connectivity index (χ1v) is 11.9. The minimum Gasteiger partial charge on any atom is -0.378 e. The molecule has 6 nitrogen and oxygen atoms in total. The van der Waals surface area contributed by atoms with Crippen molar-refractivity contribution in [2.75, 3.05) is 24.0 Å². The Hall–Kier alpha value is -2.38. The third-order valence-electron chi connectivity index (χ3n) is 5.21. The van der Waals surface area contributed by atoms with E-state index < -0.39 is 10.0 Å². The average Bonchev–Trinajstić information content (AvgIpc) is 3.26. The van der Waals surface area contributed by atoms with E-state index in [1.807, 2.05) is 13.0 Å². The zero-order valence-electron chi connectivity index (χ0n) is 17.4. The summed E-state index contributed by atoms with van der Waals surface area (Å²) in [6.07, 6.45) is 5.76. The summed E-state index contributed by atoms with van der Waals surface area (Å²) in [5, 5.41) is 2.82. The van der Waals surface area contributed by atoms with Gasteiger partial charge in [0, 0.05) is 13.2 Å². The highest BCUT2D eigenvalue weighted by Gasteiger charge is 2.27. The monoisotopic (exact) mass is 430 g/mol. The molecule has 1 fully saturated rings. The normalized spacial score (nSPS) is 14.6. The summed E-state index contributed by atoms with van der Waals surface area (Å²) in [6.45, 7) is 2.68. The molecule has 0 aliphatic heterocycles. The maximum Gasteiger partial charge on any atom is 0.264 e. The lowest BCUT2D eigenvalue weighted by atomic mass is 10.2. The van der Waals surface area contributed by atoms with Gasteiger partial charge in [-0.1, -0.05) is 43.2 Å². The summed E-state index contributed by atoms with van der Waals surface area (Å²) in [5.74, 6) is -0.336. The molecule has 162 valence electrons. The van der Waals surface area contributed by atoms with Crippen LogP contribution in [0.15, 0.2) is 59.5 Å². The smallest absolute Gasteiger partial charge is 0.264 e. The van der Waals surface area contributed by atoms with Crippen molar-refractivity contribution in [3.05, 3.63) is 60.2 Å². The van der Waals surface area contributed by atoms with Gasteiger partial charge in [-0.05, 0) is 56.0 Å². The molecule has 0 aromatic heterocycles. The number of rotatable bonds is 10. The van der Waals surface area contributed by atoms with Crippen LogP contribution in [0.4, 0.5) is 5.69 Å². The summed E-state index contributed by atoms with van der Waals surface area (Å²) in [4.78, 5) is 12.7. The molecule has 2 aromatic rings. The van der Waals surface area contributed by atoms with Gasteiger partial charge < -0.3 is 10.1 Å². The van der Waals surface area contributed by atoms with Crippen molar-refractivity contribution >= 4 is 21.6 Å². The molecule has 1 aliphatic rings. The SMILES string of the molecule is Cc1cccc(N(CC(=O)NCCCOC2CCCC2)S(=O)(=O)c2ccccc2)c1. The topological polar surface area (TPSA) is 75.7 Å². The second kappa shape index (κ2) is 10.6. The van der Waals surface area contributed by atoms with Gasteiger partial charge in [0.05, 0.1) is 16.7 Å². The Morgan fingerprint density at radius 2 is 1.83 bits per heavy atom. The van der Waals surface area contributed by atoms with Gasteiger partial charge in [-0.15, -0.1) is 0 Å². The van der Waals surface area contributed by atoms with E-state index in [-0.39, 0.29) is 17.3 Å². The molecule has 0 atom stereocenters. The predicted octanol–water partition coefficient (Wildman–Crippen LogP) is 3.66. The van der Waals surface area contributed by atoms with Gasteiger partial charge in [-0.2, -0.15) is 0 Å². The Morgan fingerprint density at radius 1 is 1.10 bits per heavy atom. The third kappa shape index (κ3) is 6.06. The Kier molecular flexibility index (Phi) is 7.87. The van der Waals surface area contributed by atoms with Crippen LogP contribution in [0.2, 0.25) is 0 Å². The summed E-state index contributed by atoms with van der Waals surface area (Å²) in [5.41, 5.74) is 1.39. The van der Waals surface area contributed by atoms with E-state index in [9.17, 15) is 13.2 Å². The van der Waals surface area contributed by atoms with Gasteiger partial charge in [0.1, 0.15) is 6.54 Å². The molecule has 0 saturated heterocycles. The third-order valence-corrected chi connectivity index (χ3v) is 7.00. The first kappa shape index (κ1) is 22.3. The van der Waals surface area contributed by atoms with Crippen LogP contribution in [-0.4, -0.2) is 40.1 Å². The lowest BCUT2D eigenvalue weighted by molar-refractivity contribution is -0.119. The maximum absolute atomic E-state index is 13.2. The molecular weight excluding hydrogens is 400 g/mol. The largest absolute Gasteiger partial charge is 0.378 e. The minimum atomic E-state index is -3.86. The number of aryl methyl sites for hydroxylation is 1. The molecule has 0 spiro atoms. The number of anilines is 1. The Morgan fingerprint density at radius 3 is 2.53 bits per heavy atom. The number of benzene rings is 2. The van der Waals surface area contributed by atoms with Crippen LogP contribution in [-0.2, 0) is 19.6 Å². The summed E-state index contributed by atoms with van der Waals surface area (Å²) >= 11 is 0. The number of sulfonamides is 1. The second-order valence-corrected chi connectivity index (χ2v) is 9.51. The lowest BCUT2D eigenvalue weighted by Crippen LogP contribution is -2.41. The molecule has 1 N–H and O–H groups in total. The first-order chi connectivity index (χ1) is 14.5. The van der Waals surface area contributed by atoms with Gasteiger partial charge in [0.25, 0.3) is 10.0 Å². The zero-order valence-corrected chi connectivity index (χ0v) is 18.2. The number of nitrogens with zero attached hydrogens (tertiary/aromatic N) is 1. The quantitative estimate of drug-likeness (QED) is 0.584. The average molecular weight is 431 g/mol. The number of carbonyl (C=O) groups excluding carboxylic acids is 1. The van der Waals surface area contributed by atoms with Crippen molar-refractivity contribution in [3.8, 4) is 0 Å². The zero-order chi connectivity index (χ0) is 21.4. The van der Waals surface area contributed by atoms with Crippen LogP contribution in [0.1, 0.15) is 37.7 Å². The van der Waals surface area contributed by atoms with Gasteiger partial charge >= 0.3 is 0 Å². The molecule has 0 heterocycles. The molecule has 0 bridgehead atoms. The molecule has 30 heavy (non-hydrogen) atoms. The number of amides is 1. The number of carbonyl (C=O) groups is 1. The molecule has 3 rings (SSSR count). The number of ether oxygens (including phenoxy) is 1. The fraction of sp³-hybridized carbons (Fsp3) is 0.435. The first-order valence-electron chi connectivity index (χ1n) is 10.5. The van der Waals surface area contributed by atoms with Crippen LogP contribution in [0, 0.1) is 6.92 Å². The van der Waals surface area contributed by atoms with Crippen LogP contribution in [0.5, 0.6) is 0 Å². The number of nitrogens with one attached hydrogen (secondary N) is 1. The van der Waals surface area contributed by atoms with Crippen molar-refractivity contribution in [2.24, 2.45) is 0 Å². The molecule has 1 amide bonds. The number of hydrogen-bond donors (Lipinski definition) is 1. The number of hydrogen-bond acceptors (Lipinski definition) is 4. The Bertz CT molecular complexity index is 925. The van der Waals surface area contributed by atoms with Crippen molar-refractivity contribution < 1.29 is 17.9 Å². The van der Waals surface area contributed by atoms with E-state index in [0.717, 1.165) is 18.4 Å². The standard InChI is InChI=1S/C23H30N2O4S/c1-19-9-7-10-20(17-19)25(30(27,28)22-13-3-2-4-14-22)18-23(26)24-15-8-16-29-21-11-5-6-12-21/h2-4,7,9-10,13-14,17,21H,5-6,8,11-12,15-16,18H2,1H3,(H,24,26). The van der Waals surface area contributed by atoms with Crippen molar-refractivity contribution in [2.45, 2.75) is 50.0 Å². The van der Waals surface area contributed by atoms with Crippen molar-refractivity contribution in [1.82, 2.24) is 5.32 Å². The Labute approximate surface area is 179 Å². The molecule has 1 saturated carbocycles. The van der Waals surface area contributed by atoms with E-state index in [0.29, 0.717) is 31.4 Å². The fourth-order valence-corrected chi connectivity index (χ4v) is 5.04. The fourth-order valence-electron chi connectivity index (χ4n) is 3.61. The summed E-state index contributed by atoms with van der Waals surface area (Å²) < 4.78 is 33.4. The summed E-state index contributed by atoms with van der Waals surface area (Å²) in [6, 6.07) is 15.3. The van der Waals surface area contributed by atoms with Crippen molar-refractivity contribution in [3.63, 3.8) is 0 Å². The lowest BCUT2D eigenvalue weighted by Gasteiger charge is -2.24. The molecule has 0 unspecified atom stereocenters. The summed E-state index contributed by atoms with van der Waals surface area (Å²) in [7, 11) is -3.86. The van der Waals surface area contributed by atoms with Gasteiger partial charge in [0.2, 0.25) is 5.91 Å². The van der Waals surface area contributed by atoms with Gasteiger partial charge in [-0.25, -0.2) is 8.42 Å². The van der Waals surface area contributed by atoms with E-state index >= 15 is 0 Å². The second-order valence-electron chi connectivity index (χ2n) is 7.64. The molecule has 0 radical (unpaired) electrons. The van der Waals surface area contributed by atoms with Gasteiger partial charge in [0.15, 0.2) is 0 Å². The molecule has 7 heteroatoms. The molecular formula is C23H30N2O4S. The maximum atomic E-state index is 13.2.